The van der Waals surface area contributed by atoms with Gasteiger partial charge >= 0.3 is 0 Å². The van der Waals surface area contributed by atoms with Crippen LogP contribution in [0.15, 0.2) is 18.2 Å². The van der Waals surface area contributed by atoms with Crippen molar-refractivity contribution in [2.24, 2.45) is 0 Å². The quantitative estimate of drug-likeness (QED) is 0.577. The van der Waals surface area contributed by atoms with E-state index in [1.165, 1.54) is 6.07 Å². The number of methoxy groups -OCH3 is 1. The van der Waals surface area contributed by atoms with E-state index < -0.39 is 5.82 Å². The van der Waals surface area contributed by atoms with Crippen molar-refractivity contribution in [3.8, 4) is 11.8 Å². The molecule has 0 saturated carbocycles. The van der Waals surface area contributed by atoms with Crippen LogP contribution in [-0.4, -0.2) is 45.3 Å². The van der Waals surface area contributed by atoms with E-state index in [4.69, 9.17) is 19.3 Å². The fourth-order valence-corrected chi connectivity index (χ4v) is 1.44. The van der Waals surface area contributed by atoms with Crippen LogP contribution >= 0.6 is 0 Å². The largest absolute Gasteiger partial charge is 0.384 e. The van der Waals surface area contributed by atoms with E-state index in [1.807, 2.05) is 0 Å². The van der Waals surface area contributed by atoms with E-state index in [2.05, 4.69) is 11.8 Å². The first-order valence-electron chi connectivity index (χ1n) is 6.30. The highest BCUT2D eigenvalue weighted by molar-refractivity contribution is 5.38. The SMILES string of the molecule is COCCOCCOCc1ccc(F)c(C#CCO)c1. The molecular formula is C15H19FO4. The van der Waals surface area contributed by atoms with Crippen LogP contribution in [0.2, 0.25) is 0 Å². The lowest BCUT2D eigenvalue weighted by Gasteiger charge is -2.06. The highest BCUT2D eigenvalue weighted by Crippen LogP contribution is 2.10. The van der Waals surface area contributed by atoms with Crippen molar-refractivity contribution in [3.63, 3.8) is 0 Å². The number of aliphatic hydroxyl groups is 1. The monoisotopic (exact) mass is 282 g/mol. The molecule has 4 nitrogen and oxygen atoms in total. The van der Waals surface area contributed by atoms with Crippen LogP contribution in [0.5, 0.6) is 0 Å². The summed E-state index contributed by atoms with van der Waals surface area (Å²) in [4.78, 5) is 0. The minimum Gasteiger partial charge on any atom is -0.384 e. The van der Waals surface area contributed by atoms with E-state index in [1.54, 1.807) is 19.2 Å². The van der Waals surface area contributed by atoms with Gasteiger partial charge in [0.25, 0.3) is 0 Å². The van der Waals surface area contributed by atoms with Gasteiger partial charge in [-0.2, -0.15) is 0 Å². The maximum absolute atomic E-state index is 13.4. The molecule has 1 rings (SSSR count). The molecule has 0 amide bonds. The second-order valence-corrected chi connectivity index (χ2v) is 3.93. The van der Waals surface area contributed by atoms with Crippen LogP contribution in [0.3, 0.4) is 0 Å². The Morgan fingerprint density at radius 1 is 1.15 bits per heavy atom. The van der Waals surface area contributed by atoms with Crippen LogP contribution in [-0.2, 0) is 20.8 Å². The highest BCUT2D eigenvalue weighted by atomic mass is 19.1. The molecule has 20 heavy (non-hydrogen) atoms. The van der Waals surface area contributed by atoms with E-state index >= 15 is 0 Å². The smallest absolute Gasteiger partial charge is 0.138 e. The summed E-state index contributed by atoms with van der Waals surface area (Å²) in [5.41, 5.74) is 1.09. The lowest BCUT2D eigenvalue weighted by molar-refractivity contribution is 0.0199. The van der Waals surface area contributed by atoms with Crippen molar-refractivity contribution in [1.82, 2.24) is 0 Å². The van der Waals surface area contributed by atoms with Crippen molar-refractivity contribution in [1.29, 1.82) is 0 Å². The number of hydrogen-bond acceptors (Lipinski definition) is 4. The van der Waals surface area contributed by atoms with E-state index in [9.17, 15) is 4.39 Å². The summed E-state index contributed by atoms with van der Waals surface area (Å²) in [5, 5.41) is 8.61. The predicted molar refractivity (Wildman–Crippen MR) is 72.7 cm³/mol. The molecule has 0 bridgehead atoms. The van der Waals surface area contributed by atoms with Crippen molar-refractivity contribution >= 4 is 0 Å². The summed E-state index contributed by atoms with van der Waals surface area (Å²) in [6.07, 6.45) is 0. The average molecular weight is 282 g/mol. The Balaban J connectivity index is 2.33. The predicted octanol–water partition coefficient (Wildman–Crippen LogP) is 1.35. The van der Waals surface area contributed by atoms with E-state index in [-0.39, 0.29) is 12.2 Å². The fraction of sp³-hybridized carbons (Fsp3) is 0.467. The fourth-order valence-electron chi connectivity index (χ4n) is 1.44. The maximum Gasteiger partial charge on any atom is 0.138 e. The molecule has 0 aliphatic rings. The van der Waals surface area contributed by atoms with Crippen LogP contribution < -0.4 is 0 Å². The van der Waals surface area contributed by atoms with Crippen LogP contribution in [0, 0.1) is 17.7 Å². The number of halogens is 1. The average Bonchev–Trinajstić information content (AvgIpc) is 2.46. The summed E-state index contributed by atoms with van der Waals surface area (Å²) < 4.78 is 28.9. The Morgan fingerprint density at radius 2 is 1.90 bits per heavy atom. The van der Waals surface area contributed by atoms with E-state index in [0.717, 1.165) is 5.56 Å². The first-order valence-corrected chi connectivity index (χ1v) is 6.30. The van der Waals surface area contributed by atoms with Gasteiger partial charge in [-0.1, -0.05) is 17.9 Å². The third kappa shape index (κ3) is 6.64. The first kappa shape index (κ1) is 16.6. The molecule has 1 aromatic carbocycles. The molecule has 0 fully saturated rings. The van der Waals surface area contributed by atoms with Crippen LogP contribution in [0.4, 0.5) is 4.39 Å². The van der Waals surface area contributed by atoms with Crippen molar-refractivity contribution in [2.45, 2.75) is 6.61 Å². The lowest BCUT2D eigenvalue weighted by atomic mass is 10.1. The van der Waals surface area contributed by atoms with Crippen molar-refractivity contribution in [3.05, 3.63) is 35.1 Å². The van der Waals surface area contributed by atoms with Crippen LogP contribution in [0.1, 0.15) is 11.1 Å². The van der Waals surface area contributed by atoms with Gasteiger partial charge in [-0.25, -0.2) is 4.39 Å². The van der Waals surface area contributed by atoms with Crippen molar-refractivity contribution in [2.75, 3.05) is 40.1 Å². The molecule has 0 saturated heterocycles. The van der Waals surface area contributed by atoms with Gasteiger partial charge in [0, 0.05) is 7.11 Å². The Hall–Kier alpha value is -1.45. The molecule has 0 aliphatic carbocycles. The number of benzene rings is 1. The molecule has 5 heteroatoms. The molecule has 0 spiro atoms. The second kappa shape index (κ2) is 10.4. The zero-order valence-electron chi connectivity index (χ0n) is 11.5. The molecule has 1 N–H and O–H groups in total. The van der Waals surface area contributed by atoms with Gasteiger partial charge in [0.05, 0.1) is 38.6 Å². The summed E-state index contributed by atoms with van der Waals surface area (Å²) in [6, 6.07) is 4.60. The summed E-state index contributed by atoms with van der Waals surface area (Å²) >= 11 is 0. The third-order valence-corrected chi connectivity index (χ3v) is 2.41. The molecule has 110 valence electrons. The van der Waals surface area contributed by atoms with Gasteiger partial charge < -0.3 is 19.3 Å². The lowest BCUT2D eigenvalue weighted by Crippen LogP contribution is -2.08. The Kier molecular flexibility index (Phi) is 8.59. The maximum atomic E-state index is 13.4. The minimum absolute atomic E-state index is 0.261. The van der Waals surface area contributed by atoms with Gasteiger partial charge in [0.2, 0.25) is 0 Å². The molecule has 0 aromatic heterocycles. The van der Waals surface area contributed by atoms with Crippen LogP contribution in [0.25, 0.3) is 0 Å². The molecule has 0 unspecified atom stereocenters. The zero-order valence-corrected chi connectivity index (χ0v) is 11.5. The summed E-state index contributed by atoms with van der Waals surface area (Å²) in [5.74, 6) is 4.58. The number of rotatable bonds is 8. The second-order valence-electron chi connectivity index (χ2n) is 3.93. The van der Waals surface area contributed by atoms with Crippen molar-refractivity contribution < 1.29 is 23.7 Å². The number of hydrogen-bond donors (Lipinski definition) is 1. The molecule has 0 heterocycles. The topological polar surface area (TPSA) is 47.9 Å². The Bertz CT molecular complexity index is 451. The minimum atomic E-state index is -0.405. The first-order chi connectivity index (χ1) is 9.77. The molecule has 1 aromatic rings. The van der Waals surface area contributed by atoms with Gasteiger partial charge in [0.15, 0.2) is 0 Å². The molecule has 0 atom stereocenters. The van der Waals surface area contributed by atoms with Gasteiger partial charge in [-0.15, -0.1) is 0 Å². The van der Waals surface area contributed by atoms with Gasteiger partial charge in [-0.3, -0.25) is 0 Å². The summed E-state index contributed by atoms with van der Waals surface area (Å²) in [7, 11) is 1.62. The Labute approximate surface area is 118 Å². The molecule has 0 radical (unpaired) electrons. The number of ether oxygens (including phenoxy) is 3. The molecule has 0 aliphatic heterocycles. The van der Waals surface area contributed by atoms with Gasteiger partial charge in [0.1, 0.15) is 12.4 Å². The third-order valence-electron chi connectivity index (χ3n) is 2.41. The highest BCUT2D eigenvalue weighted by Gasteiger charge is 2.01. The summed E-state index contributed by atoms with van der Waals surface area (Å²) in [6.45, 7) is 2.11. The normalized spacial score (nSPS) is 10.2. The Morgan fingerprint density at radius 3 is 2.65 bits per heavy atom. The van der Waals surface area contributed by atoms with E-state index in [0.29, 0.717) is 33.0 Å². The molecular weight excluding hydrogens is 263 g/mol. The van der Waals surface area contributed by atoms with Gasteiger partial charge in [-0.05, 0) is 17.7 Å². The standard InChI is InChI=1S/C15H19FO4/c1-18-7-8-19-9-10-20-12-13-4-5-15(16)14(11-13)3-2-6-17/h4-5,11,17H,6-10,12H2,1H3. The number of aliphatic hydroxyl groups excluding tert-OH is 1. The zero-order chi connectivity index (χ0) is 14.6.